The predicted octanol–water partition coefficient (Wildman–Crippen LogP) is 4.41. The average Bonchev–Trinajstić information content (AvgIpc) is 3.76. The van der Waals surface area contributed by atoms with E-state index in [9.17, 15) is 9.59 Å². The van der Waals surface area contributed by atoms with Crippen molar-refractivity contribution in [1.82, 2.24) is 20.9 Å². The molecule has 0 radical (unpaired) electrons. The second-order valence-corrected chi connectivity index (χ2v) is 11.1. The van der Waals surface area contributed by atoms with E-state index >= 15 is 0 Å². The van der Waals surface area contributed by atoms with E-state index in [4.69, 9.17) is 10.1 Å². The van der Waals surface area contributed by atoms with Crippen molar-refractivity contribution in [2.24, 2.45) is 0 Å². The van der Waals surface area contributed by atoms with Crippen LogP contribution in [0, 0.1) is 19.3 Å². The molecular formula is C34H54N6O3. The Morgan fingerprint density at radius 3 is 2.19 bits per heavy atom. The average molecular weight is 595 g/mol. The summed E-state index contributed by atoms with van der Waals surface area (Å²) in [4.78, 5) is 23.8. The maximum atomic E-state index is 11.9. The smallest absolute Gasteiger partial charge is 0.237 e. The number of hydrogen-bond acceptors (Lipinski definition) is 7. The molecule has 2 atom stereocenters. The fourth-order valence-corrected chi connectivity index (χ4v) is 4.95. The molecule has 0 aromatic heterocycles. The van der Waals surface area contributed by atoms with Gasteiger partial charge in [0.25, 0.3) is 0 Å². The van der Waals surface area contributed by atoms with Crippen LogP contribution in [0.25, 0.3) is 0 Å². The van der Waals surface area contributed by atoms with E-state index in [1.807, 2.05) is 32.2 Å². The molecule has 2 unspecified atom stereocenters. The number of carbonyl (C=O) groups is 2. The molecule has 5 N–H and O–H groups in total. The first-order chi connectivity index (χ1) is 20.9. The van der Waals surface area contributed by atoms with Crippen LogP contribution in [-0.4, -0.2) is 82.0 Å². The molecule has 3 aliphatic heterocycles. The van der Waals surface area contributed by atoms with Gasteiger partial charge >= 0.3 is 0 Å². The van der Waals surface area contributed by atoms with Crippen LogP contribution in [0.15, 0.2) is 42.5 Å². The number of aryl methyl sites for hydroxylation is 2. The molecule has 2 aromatic carbocycles. The fourth-order valence-electron chi connectivity index (χ4n) is 4.95. The Morgan fingerprint density at radius 1 is 1.02 bits per heavy atom. The minimum absolute atomic E-state index is 0.0428. The number of nitrogens with one attached hydrogen (secondary N) is 5. The van der Waals surface area contributed by atoms with E-state index in [2.05, 4.69) is 59.4 Å². The summed E-state index contributed by atoms with van der Waals surface area (Å²) < 4.78 is 5.33. The molecular weight excluding hydrogens is 540 g/mol. The minimum Gasteiger partial charge on any atom is -0.388 e. The number of anilines is 1. The number of hydrogen-bond donors (Lipinski definition) is 5. The molecule has 43 heavy (non-hydrogen) atoms. The lowest BCUT2D eigenvalue weighted by Gasteiger charge is -2.12. The molecule has 3 aliphatic rings. The van der Waals surface area contributed by atoms with Gasteiger partial charge in [-0.1, -0.05) is 47.9 Å². The van der Waals surface area contributed by atoms with Gasteiger partial charge in [-0.05, 0) is 90.2 Å². The van der Waals surface area contributed by atoms with Gasteiger partial charge in [-0.15, -0.1) is 0 Å². The van der Waals surface area contributed by atoms with E-state index in [1.165, 1.54) is 49.7 Å². The summed E-state index contributed by atoms with van der Waals surface area (Å²) in [5.41, 5.74) is 5.41. The van der Waals surface area contributed by atoms with Crippen molar-refractivity contribution >= 4 is 24.2 Å². The third kappa shape index (κ3) is 14.6. The lowest BCUT2D eigenvalue weighted by atomic mass is 10.1. The summed E-state index contributed by atoms with van der Waals surface area (Å²) in [6.45, 7) is 12.5. The van der Waals surface area contributed by atoms with Crippen molar-refractivity contribution in [2.45, 2.75) is 78.0 Å². The third-order valence-electron chi connectivity index (χ3n) is 7.54. The first kappa shape index (κ1) is 35.9. The zero-order chi connectivity index (χ0) is 31.3. The van der Waals surface area contributed by atoms with Crippen molar-refractivity contribution in [3.8, 4) is 0 Å². The quantitative estimate of drug-likeness (QED) is 0.228. The molecule has 2 aromatic rings. The van der Waals surface area contributed by atoms with Gasteiger partial charge in [0.05, 0.1) is 12.1 Å². The number of likely N-dealkylation sites (tertiary alicyclic amines) is 1. The Bertz CT molecular complexity index is 1040. The van der Waals surface area contributed by atoms with Gasteiger partial charge in [-0.3, -0.25) is 9.59 Å². The van der Waals surface area contributed by atoms with Gasteiger partial charge < -0.3 is 36.3 Å². The van der Waals surface area contributed by atoms with Crippen LogP contribution in [0.5, 0.6) is 0 Å². The summed E-state index contributed by atoms with van der Waals surface area (Å²) in [5.74, 6) is 0.0617. The van der Waals surface area contributed by atoms with Crippen LogP contribution in [0.1, 0.15) is 67.7 Å². The number of nitrogens with zero attached hydrogens (tertiary/aromatic N) is 1. The number of piperidine rings is 1. The standard InChI is InChI=1S/C14H20N4O.C8H10.C7H13NO2.C5H11N/c1-16-12-5-4-10(7-11(12)8-15)9-18-14(19)13-3-2-6-17-13;1-7-3-5-8(2)6-4-7;1-2-10-7-3-4-8(5-7)6-9;1-2-4-6-5-3-1/h4-5,7-8,13,15-17H,2-3,6,9H2,1H3,(H,18,19);3-6H,1-2H3;6-7H,2-5H2,1H3;6H,1-5H2. The number of ether oxygens (including phenoxy) is 1. The van der Waals surface area contributed by atoms with Crippen molar-refractivity contribution in [3.05, 3.63) is 64.7 Å². The van der Waals surface area contributed by atoms with Crippen molar-refractivity contribution in [1.29, 1.82) is 5.41 Å². The summed E-state index contributed by atoms with van der Waals surface area (Å²) in [6, 6.07) is 14.2. The van der Waals surface area contributed by atoms with Crippen LogP contribution >= 0.6 is 0 Å². The Hall–Kier alpha value is -3.27. The minimum atomic E-state index is -0.0428. The highest BCUT2D eigenvalue weighted by atomic mass is 16.5. The summed E-state index contributed by atoms with van der Waals surface area (Å²) in [6.07, 6.45) is 9.67. The Kier molecular flexibility index (Phi) is 17.9. The maximum Gasteiger partial charge on any atom is 0.237 e. The van der Waals surface area contributed by atoms with Crippen LogP contribution in [0.4, 0.5) is 5.69 Å². The van der Waals surface area contributed by atoms with Crippen LogP contribution in [-0.2, 0) is 20.9 Å². The third-order valence-corrected chi connectivity index (χ3v) is 7.54. The molecule has 2 amide bonds. The van der Waals surface area contributed by atoms with Crippen molar-refractivity contribution in [2.75, 3.05) is 51.7 Å². The first-order valence-corrected chi connectivity index (χ1v) is 15.8. The topological polar surface area (TPSA) is 119 Å². The number of amides is 2. The highest BCUT2D eigenvalue weighted by molar-refractivity contribution is 5.86. The Balaban J connectivity index is 0.000000224. The van der Waals surface area contributed by atoms with Gasteiger partial charge in [0.1, 0.15) is 0 Å². The maximum absolute atomic E-state index is 11.9. The fraction of sp³-hybridized carbons (Fsp3) is 0.559. The van der Waals surface area contributed by atoms with Crippen molar-refractivity contribution in [3.63, 3.8) is 0 Å². The number of benzene rings is 2. The monoisotopic (exact) mass is 594 g/mol. The molecule has 9 heteroatoms. The van der Waals surface area contributed by atoms with Crippen LogP contribution in [0.3, 0.4) is 0 Å². The Morgan fingerprint density at radius 2 is 1.72 bits per heavy atom. The predicted molar refractivity (Wildman–Crippen MR) is 177 cm³/mol. The highest BCUT2D eigenvalue weighted by Gasteiger charge is 2.21. The van der Waals surface area contributed by atoms with Crippen molar-refractivity contribution < 1.29 is 14.3 Å². The second kappa shape index (κ2) is 21.4. The molecule has 9 nitrogen and oxygen atoms in total. The van der Waals surface area contributed by atoms with E-state index in [1.54, 1.807) is 4.90 Å². The molecule has 0 saturated carbocycles. The largest absolute Gasteiger partial charge is 0.388 e. The molecule has 3 saturated heterocycles. The summed E-state index contributed by atoms with van der Waals surface area (Å²) in [5, 5.41) is 19.8. The lowest BCUT2D eigenvalue weighted by Crippen LogP contribution is -2.40. The molecule has 0 aliphatic carbocycles. The molecule has 238 valence electrons. The van der Waals surface area contributed by atoms with E-state index in [0.29, 0.717) is 6.54 Å². The summed E-state index contributed by atoms with van der Waals surface area (Å²) in [7, 11) is 1.83. The molecule has 3 heterocycles. The van der Waals surface area contributed by atoms with Gasteiger partial charge in [-0.2, -0.15) is 0 Å². The second-order valence-electron chi connectivity index (χ2n) is 11.1. The zero-order valence-corrected chi connectivity index (χ0v) is 26.7. The van der Waals surface area contributed by atoms with E-state index < -0.39 is 0 Å². The van der Waals surface area contributed by atoms with Gasteiger partial charge in [-0.25, -0.2) is 0 Å². The van der Waals surface area contributed by atoms with Crippen LogP contribution < -0.4 is 21.3 Å². The molecule has 3 fully saturated rings. The molecule has 0 spiro atoms. The first-order valence-electron chi connectivity index (χ1n) is 15.8. The van der Waals surface area contributed by atoms with Gasteiger partial charge in [0, 0.05) is 50.8 Å². The highest BCUT2D eigenvalue weighted by Crippen LogP contribution is 2.15. The van der Waals surface area contributed by atoms with E-state index in [0.717, 1.165) is 68.7 Å². The number of rotatable bonds is 8. The number of carbonyl (C=O) groups excluding carboxylic acids is 2. The lowest BCUT2D eigenvalue weighted by molar-refractivity contribution is -0.123. The summed E-state index contributed by atoms with van der Waals surface area (Å²) >= 11 is 0. The molecule has 0 bridgehead atoms. The van der Waals surface area contributed by atoms with E-state index in [-0.39, 0.29) is 18.1 Å². The van der Waals surface area contributed by atoms with Crippen LogP contribution in [0.2, 0.25) is 0 Å². The van der Waals surface area contributed by atoms with Gasteiger partial charge in [0.2, 0.25) is 12.3 Å². The normalized spacial score (nSPS) is 18.9. The Labute approximate surface area is 259 Å². The SMILES string of the molecule is C1CCNCC1.CCOC1CCN(C=O)C1.CNc1ccc(CNC(=O)C2CCCN2)cc1C=N.Cc1ccc(C)cc1. The van der Waals surface area contributed by atoms with Gasteiger partial charge in [0.15, 0.2) is 0 Å². The zero-order valence-electron chi connectivity index (χ0n) is 26.7. The molecule has 5 rings (SSSR count).